The Kier molecular flexibility index (Phi) is 4.01. The zero-order chi connectivity index (χ0) is 11.6. The molecule has 2 nitrogen and oxygen atoms in total. The summed E-state index contributed by atoms with van der Waals surface area (Å²) in [7, 11) is -3.42. The first kappa shape index (κ1) is 13.7. The highest BCUT2D eigenvalue weighted by Gasteiger charge is 2.31. The molecule has 0 fully saturated rings. The normalized spacial score (nSPS) is 14.4. The van der Waals surface area contributed by atoms with E-state index in [0.29, 0.717) is 0 Å². The average Bonchev–Trinajstić information content (AvgIpc) is 1.80. The van der Waals surface area contributed by atoms with Crippen LogP contribution in [0.25, 0.3) is 0 Å². The highest BCUT2D eigenvalue weighted by atomic mass is 32.2. The minimum atomic E-state index is -4.27. The van der Waals surface area contributed by atoms with Gasteiger partial charge in [0.25, 0.3) is 0 Å². The number of alkyl halides is 3. The van der Waals surface area contributed by atoms with Gasteiger partial charge in [0.2, 0.25) is 0 Å². The Hall–Kier alpha value is -0.260. The maximum atomic E-state index is 11.7. The minimum Gasteiger partial charge on any atom is -0.228 e. The van der Waals surface area contributed by atoms with E-state index in [4.69, 9.17) is 0 Å². The number of sulfone groups is 1. The Morgan fingerprint density at radius 2 is 1.50 bits per heavy atom. The van der Waals surface area contributed by atoms with Crippen LogP contribution in [-0.4, -0.2) is 25.1 Å². The molecule has 0 saturated carbocycles. The van der Waals surface area contributed by atoms with Crippen molar-refractivity contribution < 1.29 is 21.6 Å². The molecule has 86 valence electrons. The van der Waals surface area contributed by atoms with Crippen molar-refractivity contribution in [3.05, 3.63) is 0 Å². The molecule has 0 aliphatic carbocycles. The summed E-state index contributed by atoms with van der Waals surface area (Å²) in [6, 6.07) is 0. The molecule has 0 aromatic rings. The van der Waals surface area contributed by atoms with E-state index in [9.17, 15) is 21.6 Å². The van der Waals surface area contributed by atoms with E-state index in [1.165, 1.54) is 20.8 Å². The van der Waals surface area contributed by atoms with E-state index in [1.54, 1.807) is 0 Å². The zero-order valence-corrected chi connectivity index (χ0v) is 9.30. The predicted molar refractivity (Wildman–Crippen MR) is 48.8 cm³/mol. The zero-order valence-electron chi connectivity index (χ0n) is 8.48. The standard InChI is InChI=1S/C8H15F3O2S/c1-7(2,3)14(12,13)6-4-5-8(9,10)11/h4-6H2,1-3H3. The molecule has 0 radical (unpaired) electrons. The van der Waals surface area contributed by atoms with Crippen molar-refractivity contribution in [2.75, 3.05) is 5.75 Å². The fourth-order valence-corrected chi connectivity index (χ4v) is 1.91. The van der Waals surface area contributed by atoms with Crippen LogP contribution in [0.5, 0.6) is 0 Å². The molecule has 0 bridgehead atoms. The van der Waals surface area contributed by atoms with Crippen LogP contribution in [0.4, 0.5) is 13.2 Å². The second kappa shape index (κ2) is 4.08. The number of halogens is 3. The van der Waals surface area contributed by atoms with Gasteiger partial charge in [-0.1, -0.05) is 0 Å². The van der Waals surface area contributed by atoms with Crippen LogP contribution in [0.2, 0.25) is 0 Å². The molecule has 0 saturated heterocycles. The summed E-state index contributed by atoms with van der Waals surface area (Å²) in [4.78, 5) is 0. The fourth-order valence-electron chi connectivity index (χ4n) is 0.769. The van der Waals surface area contributed by atoms with E-state index < -0.39 is 32.9 Å². The van der Waals surface area contributed by atoms with Gasteiger partial charge in [-0.3, -0.25) is 0 Å². The van der Waals surface area contributed by atoms with E-state index in [1.807, 2.05) is 0 Å². The summed E-state index contributed by atoms with van der Waals surface area (Å²) >= 11 is 0. The van der Waals surface area contributed by atoms with Gasteiger partial charge in [-0.2, -0.15) is 13.2 Å². The van der Waals surface area contributed by atoms with Crippen molar-refractivity contribution in [2.45, 2.75) is 44.5 Å². The third-order valence-electron chi connectivity index (χ3n) is 1.81. The van der Waals surface area contributed by atoms with Crippen LogP contribution in [0.1, 0.15) is 33.6 Å². The van der Waals surface area contributed by atoms with Gasteiger partial charge in [0.05, 0.1) is 10.5 Å². The first-order chi connectivity index (χ1) is 5.96. The van der Waals surface area contributed by atoms with Gasteiger partial charge in [0.1, 0.15) is 0 Å². The molecule has 0 unspecified atom stereocenters. The van der Waals surface area contributed by atoms with Crippen molar-refractivity contribution in [3.63, 3.8) is 0 Å². The number of hydrogen-bond acceptors (Lipinski definition) is 2. The van der Waals surface area contributed by atoms with Gasteiger partial charge in [-0.05, 0) is 27.2 Å². The Labute approximate surface area is 82.4 Å². The van der Waals surface area contributed by atoms with Gasteiger partial charge < -0.3 is 0 Å². The smallest absolute Gasteiger partial charge is 0.228 e. The van der Waals surface area contributed by atoms with E-state index in [0.717, 1.165) is 0 Å². The second-order valence-corrected chi connectivity index (χ2v) is 7.01. The molecule has 0 heterocycles. The fraction of sp³-hybridized carbons (Fsp3) is 1.00. The Morgan fingerprint density at radius 1 is 1.07 bits per heavy atom. The van der Waals surface area contributed by atoms with Crippen molar-refractivity contribution in [2.24, 2.45) is 0 Å². The summed E-state index contributed by atoms with van der Waals surface area (Å²) in [5.41, 5.74) is 0. The minimum absolute atomic E-state index is 0.358. The quantitative estimate of drug-likeness (QED) is 0.749. The Morgan fingerprint density at radius 3 is 1.79 bits per heavy atom. The average molecular weight is 232 g/mol. The van der Waals surface area contributed by atoms with Gasteiger partial charge >= 0.3 is 6.18 Å². The lowest BCUT2D eigenvalue weighted by molar-refractivity contribution is -0.134. The van der Waals surface area contributed by atoms with Gasteiger partial charge in [0, 0.05) is 6.42 Å². The molecule has 0 atom stereocenters. The third kappa shape index (κ3) is 4.83. The SMILES string of the molecule is CC(C)(C)S(=O)(=O)CCCC(F)(F)F. The lowest BCUT2D eigenvalue weighted by Crippen LogP contribution is -2.30. The molecule has 0 rings (SSSR count). The first-order valence-corrected chi connectivity index (χ1v) is 5.90. The van der Waals surface area contributed by atoms with Crippen LogP contribution in [0.15, 0.2) is 0 Å². The van der Waals surface area contributed by atoms with Crippen LogP contribution in [0.3, 0.4) is 0 Å². The largest absolute Gasteiger partial charge is 0.389 e. The summed E-state index contributed by atoms with van der Waals surface area (Å²) in [5.74, 6) is -0.407. The third-order valence-corrected chi connectivity index (χ3v) is 4.50. The van der Waals surface area contributed by atoms with E-state index >= 15 is 0 Å². The van der Waals surface area contributed by atoms with Gasteiger partial charge in [0.15, 0.2) is 9.84 Å². The summed E-state index contributed by atoms with van der Waals surface area (Å²) < 4.78 is 57.0. The number of rotatable bonds is 3. The molecule has 0 aromatic carbocycles. The maximum absolute atomic E-state index is 11.7. The Bertz CT molecular complexity index is 272. The van der Waals surface area contributed by atoms with E-state index in [-0.39, 0.29) is 6.42 Å². The van der Waals surface area contributed by atoms with Gasteiger partial charge in [-0.15, -0.1) is 0 Å². The monoisotopic (exact) mass is 232 g/mol. The predicted octanol–water partition coefficient (Wildman–Crippen LogP) is 2.54. The highest BCUT2D eigenvalue weighted by molar-refractivity contribution is 7.92. The Balaban J connectivity index is 4.17. The molecule has 0 amide bonds. The molecule has 0 spiro atoms. The molecule has 0 aromatic heterocycles. The van der Waals surface area contributed by atoms with Crippen molar-refractivity contribution in [3.8, 4) is 0 Å². The van der Waals surface area contributed by atoms with Crippen molar-refractivity contribution in [1.82, 2.24) is 0 Å². The summed E-state index contributed by atoms with van der Waals surface area (Å²) in [6.45, 7) is 4.45. The lowest BCUT2D eigenvalue weighted by atomic mass is 10.3. The molecule has 6 heteroatoms. The molecular formula is C8H15F3O2S. The number of hydrogen-bond donors (Lipinski definition) is 0. The molecular weight excluding hydrogens is 217 g/mol. The molecule has 0 aliphatic heterocycles. The topological polar surface area (TPSA) is 34.1 Å². The molecule has 0 N–H and O–H groups in total. The van der Waals surface area contributed by atoms with Gasteiger partial charge in [-0.25, -0.2) is 8.42 Å². The lowest BCUT2D eigenvalue weighted by Gasteiger charge is -2.19. The van der Waals surface area contributed by atoms with Crippen LogP contribution in [-0.2, 0) is 9.84 Å². The van der Waals surface area contributed by atoms with Crippen LogP contribution in [0, 0.1) is 0 Å². The van der Waals surface area contributed by atoms with E-state index in [2.05, 4.69) is 0 Å². The maximum Gasteiger partial charge on any atom is 0.389 e. The summed E-state index contributed by atoms with van der Waals surface area (Å²) in [6.07, 6.45) is -5.67. The first-order valence-electron chi connectivity index (χ1n) is 4.25. The van der Waals surface area contributed by atoms with Crippen LogP contribution < -0.4 is 0 Å². The van der Waals surface area contributed by atoms with Crippen molar-refractivity contribution >= 4 is 9.84 Å². The summed E-state index contributed by atoms with van der Waals surface area (Å²) in [5, 5.41) is 0. The second-order valence-electron chi connectivity index (χ2n) is 4.15. The molecule has 0 aliphatic rings. The molecule has 14 heavy (non-hydrogen) atoms. The van der Waals surface area contributed by atoms with Crippen LogP contribution >= 0.6 is 0 Å². The highest BCUT2D eigenvalue weighted by Crippen LogP contribution is 2.24. The van der Waals surface area contributed by atoms with Crippen molar-refractivity contribution in [1.29, 1.82) is 0 Å².